The fraction of sp³-hybridized carbons (Fsp3) is 0.471. The van der Waals surface area contributed by atoms with E-state index in [4.69, 9.17) is 4.74 Å². The monoisotopic (exact) mass is 304 g/mol. The number of carbonyl (C=O) groups is 1. The van der Waals surface area contributed by atoms with Crippen LogP contribution in [0.5, 0.6) is 5.75 Å². The van der Waals surface area contributed by atoms with Gasteiger partial charge in [-0.2, -0.15) is 0 Å². The van der Waals surface area contributed by atoms with Gasteiger partial charge in [-0.15, -0.1) is 0 Å². The second-order valence-corrected chi connectivity index (χ2v) is 5.50. The first-order valence-electron chi connectivity index (χ1n) is 7.60. The maximum atomic E-state index is 12.4. The van der Waals surface area contributed by atoms with Gasteiger partial charge in [-0.25, -0.2) is 4.79 Å². The van der Waals surface area contributed by atoms with Gasteiger partial charge in [-0.1, -0.05) is 24.3 Å². The molecule has 1 aromatic rings. The molecule has 0 aliphatic heterocycles. The number of aliphatic hydroxyl groups is 1. The van der Waals surface area contributed by atoms with E-state index in [-0.39, 0.29) is 24.7 Å². The molecule has 22 heavy (non-hydrogen) atoms. The number of hydrogen-bond acceptors (Lipinski definition) is 3. The zero-order chi connectivity index (χ0) is 15.9. The third kappa shape index (κ3) is 4.01. The van der Waals surface area contributed by atoms with E-state index >= 15 is 0 Å². The molecule has 1 aromatic carbocycles. The molecule has 2 rings (SSSR count). The van der Waals surface area contributed by atoms with Crippen molar-refractivity contribution < 1.29 is 14.6 Å². The third-order valence-corrected chi connectivity index (χ3v) is 4.02. The standard InChI is InChI=1S/C17H24N2O3/c1-19(17(21)18-14-6-4-3-5-7-14)16(12-20)13-8-10-15(22-2)11-9-13/h4,6,8-11,14,16,20H,3,5,7,12H2,1-2H3,(H,18,21)/t14-,16+/m0/s1. The molecule has 0 spiro atoms. The van der Waals surface area contributed by atoms with E-state index in [0.29, 0.717) is 0 Å². The summed E-state index contributed by atoms with van der Waals surface area (Å²) >= 11 is 0. The number of allylic oxidation sites excluding steroid dienone is 1. The molecule has 0 fully saturated rings. The van der Waals surface area contributed by atoms with Crippen molar-refractivity contribution in [2.75, 3.05) is 20.8 Å². The van der Waals surface area contributed by atoms with Crippen LogP contribution in [0, 0.1) is 0 Å². The smallest absolute Gasteiger partial charge is 0.318 e. The van der Waals surface area contributed by atoms with Crippen LogP contribution >= 0.6 is 0 Å². The average Bonchev–Trinajstić information content (AvgIpc) is 2.57. The fourth-order valence-corrected chi connectivity index (χ4v) is 2.61. The van der Waals surface area contributed by atoms with E-state index in [1.807, 2.05) is 30.3 Å². The van der Waals surface area contributed by atoms with Crippen LogP contribution in [0.3, 0.4) is 0 Å². The highest BCUT2D eigenvalue weighted by Crippen LogP contribution is 2.22. The van der Waals surface area contributed by atoms with Crippen LogP contribution in [-0.2, 0) is 0 Å². The summed E-state index contributed by atoms with van der Waals surface area (Å²) < 4.78 is 5.13. The van der Waals surface area contributed by atoms with Crippen molar-refractivity contribution >= 4 is 6.03 Å². The van der Waals surface area contributed by atoms with Crippen molar-refractivity contribution in [3.05, 3.63) is 42.0 Å². The number of rotatable bonds is 5. The molecule has 0 saturated heterocycles. The number of urea groups is 1. The number of benzene rings is 1. The molecular formula is C17H24N2O3. The molecule has 0 unspecified atom stereocenters. The van der Waals surface area contributed by atoms with Gasteiger partial charge in [0.2, 0.25) is 0 Å². The van der Waals surface area contributed by atoms with Crippen molar-refractivity contribution in [2.24, 2.45) is 0 Å². The molecule has 2 amide bonds. The summed E-state index contributed by atoms with van der Waals surface area (Å²) in [5.74, 6) is 0.750. The molecule has 0 aromatic heterocycles. The number of amides is 2. The first-order valence-corrected chi connectivity index (χ1v) is 7.60. The number of nitrogens with one attached hydrogen (secondary N) is 1. The Morgan fingerprint density at radius 1 is 1.45 bits per heavy atom. The molecule has 0 radical (unpaired) electrons. The van der Waals surface area contributed by atoms with E-state index in [0.717, 1.165) is 30.6 Å². The van der Waals surface area contributed by atoms with Gasteiger partial charge in [0, 0.05) is 13.1 Å². The molecule has 0 heterocycles. The normalized spacial score (nSPS) is 18.6. The zero-order valence-electron chi connectivity index (χ0n) is 13.2. The maximum Gasteiger partial charge on any atom is 0.318 e. The topological polar surface area (TPSA) is 61.8 Å². The number of likely N-dealkylation sites (N-methyl/N-ethyl adjacent to an activating group) is 1. The summed E-state index contributed by atoms with van der Waals surface area (Å²) in [6, 6.07) is 6.92. The van der Waals surface area contributed by atoms with Gasteiger partial charge in [0.15, 0.2) is 0 Å². The summed E-state index contributed by atoms with van der Waals surface area (Å²) in [6.07, 6.45) is 7.26. The largest absolute Gasteiger partial charge is 0.497 e. The van der Waals surface area contributed by atoms with Crippen LogP contribution in [0.15, 0.2) is 36.4 Å². The van der Waals surface area contributed by atoms with Gasteiger partial charge in [-0.05, 0) is 37.0 Å². The summed E-state index contributed by atoms with van der Waals surface area (Å²) in [7, 11) is 3.31. The van der Waals surface area contributed by atoms with Gasteiger partial charge < -0.3 is 20.1 Å². The minimum absolute atomic E-state index is 0.0823. The minimum Gasteiger partial charge on any atom is -0.497 e. The van der Waals surface area contributed by atoms with Gasteiger partial charge in [0.1, 0.15) is 5.75 Å². The van der Waals surface area contributed by atoms with Crippen molar-refractivity contribution in [1.29, 1.82) is 0 Å². The van der Waals surface area contributed by atoms with E-state index < -0.39 is 0 Å². The second kappa shape index (κ2) is 7.84. The van der Waals surface area contributed by atoms with Crippen molar-refractivity contribution in [3.8, 4) is 5.75 Å². The number of ether oxygens (including phenoxy) is 1. The minimum atomic E-state index is -0.376. The van der Waals surface area contributed by atoms with E-state index in [9.17, 15) is 9.90 Å². The third-order valence-electron chi connectivity index (χ3n) is 4.02. The molecule has 120 valence electrons. The molecule has 0 bridgehead atoms. The predicted octanol–water partition coefficient (Wildman–Crippen LogP) is 2.48. The highest BCUT2D eigenvalue weighted by atomic mass is 16.5. The maximum absolute atomic E-state index is 12.4. The lowest BCUT2D eigenvalue weighted by molar-refractivity contribution is 0.148. The number of nitrogens with zero attached hydrogens (tertiary/aromatic N) is 1. The molecule has 2 N–H and O–H groups in total. The number of carbonyl (C=O) groups excluding carboxylic acids is 1. The van der Waals surface area contributed by atoms with E-state index in [2.05, 4.69) is 11.4 Å². The lowest BCUT2D eigenvalue weighted by Crippen LogP contribution is -2.45. The van der Waals surface area contributed by atoms with Crippen molar-refractivity contribution in [1.82, 2.24) is 10.2 Å². The van der Waals surface area contributed by atoms with E-state index in [1.54, 1.807) is 19.1 Å². The summed E-state index contributed by atoms with van der Waals surface area (Å²) in [6.45, 7) is -0.128. The van der Waals surface area contributed by atoms with Gasteiger partial charge in [-0.3, -0.25) is 0 Å². The predicted molar refractivity (Wildman–Crippen MR) is 85.9 cm³/mol. The Hall–Kier alpha value is -2.01. The Bertz CT molecular complexity index is 513. The Labute approximate surface area is 131 Å². The Balaban J connectivity index is 2.03. The number of methoxy groups -OCH3 is 1. The first kappa shape index (κ1) is 16.4. The van der Waals surface area contributed by atoms with Crippen LogP contribution in [0.25, 0.3) is 0 Å². The van der Waals surface area contributed by atoms with Crippen LogP contribution in [0.1, 0.15) is 30.9 Å². The summed E-state index contributed by atoms with van der Waals surface area (Å²) in [5.41, 5.74) is 0.875. The molecule has 5 nitrogen and oxygen atoms in total. The quantitative estimate of drug-likeness (QED) is 0.822. The van der Waals surface area contributed by atoms with Crippen molar-refractivity contribution in [2.45, 2.75) is 31.3 Å². The highest BCUT2D eigenvalue weighted by molar-refractivity contribution is 5.75. The first-order chi connectivity index (χ1) is 10.7. The average molecular weight is 304 g/mol. The fourth-order valence-electron chi connectivity index (χ4n) is 2.61. The summed E-state index contributed by atoms with van der Waals surface area (Å²) in [4.78, 5) is 13.9. The van der Waals surface area contributed by atoms with Gasteiger partial charge >= 0.3 is 6.03 Å². The lowest BCUT2D eigenvalue weighted by atomic mass is 10.0. The number of aliphatic hydroxyl groups excluding tert-OH is 1. The van der Waals surface area contributed by atoms with E-state index in [1.165, 1.54) is 0 Å². The zero-order valence-corrected chi connectivity index (χ0v) is 13.2. The van der Waals surface area contributed by atoms with Crippen LogP contribution in [0.4, 0.5) is 4.79 Å². The van der Waals surface area contributed by atoms with Crippen LogP contribution in [0.2, 0.25) is 0 Å². The lowest BCUT2D eigenvalue weighted by Gasteiger charge is -2.29. The second-order valence-electron chi connectivity index (χ2n) is 5.50. The molecule has 2 atom stereocenters. The van der Waals surface area contributed by atoms with Gasteiger partial charge in [0.25, 0.3) is 0 Å². The number of hydrogen-bond donors (Lipinski definition) is 2. The van der Waals surface area contributed by atoms with Crippen LogP contribution < -0.4 is 10.1 Å². The molecular weight excluding hydrogens is 280 g/mol. The molecule has 5 heteroatoms. The van der Waals surface area contributed by atoms with Gasteiger partial charge in [0.05, 0.1) is 19.8 Å². The Kier molecular flexibility index (Phi) is 5.83. The molecule has 0 saturated carbocycles. The Morgan fingerprint density at radius 3 is 2.73 bits per heavy atom. The molecule has 1 aliphatic rings. The molecule has 1 aliphatic carbocycles. The summed E-state index contributed by atoms with van der Waals surface area (Å²) in [5, 5.41) is 12.7. The SMILES string of the molecule is COc1ccc([C@@H](CO)N(C)C(=O)N[C@H]2C=CCCC2)cc1. The highest BCUT2D eigenvalue weighted by Gasteiger charge is 2.22. The van der Waals surface area contributed by atoms with Crippen molar-refractivity contribution in [3.63, 3.8) is 0 Å². The Morgan fingerprint density at radius 2 is 2.18 bits per heavy atom. The van der Waals surface area contributed by atoms with Crippen LogP contribution in [-0.4, -0.2) is 42.8 Å².